The van der Waals surface area contributed by atoms with Gasteiger partial charge in [-0.1, -0.05) is 13.8 Å². The number of benzene rings is 1. The normalized spacial score (nSPS) is 14.3. The van der Waals surface area contributed by atoms with E-state index in [1.165, 1.54) is 12.1 Å². The molecule has 0 aromatic heterocycles. The molecule has 7 heteroatoms. The molecule has 2 atom stereocenters. The van der Waals surface area contributed by atoms with Crippen molar-refractivity contribution in [1.29, 1.82) is 0 Å². The second-order valence-corrected chi connectivity index (χ2v) is 6.04. The van der Waals surface area contributed by atoms with Gasteiger partial charge >= 0.3 is 0 Å². The van der Waals surface area contributed by atoms with Crippen LogP contribution in [-0.4, -0.2) is 21.2 Å². The lowest BCUT2D eigenvalue weighted by Crippen LogP contribution is -2.26. The Morgan fingerprint density at radius 1 is 1.40 bits per heavy atom. The molecule has 0 amide bonds. The minimum absolute atomic E-state index is 0.169. The number of nitro groups is 1. The summed E-state index contributed by atoms with van der Waals surface area (Å²) in [6.45, 7) is 4.05. The van der Waals surface area contributed by atoms with Gasteiger partial charge in [-0.25, -0.2) is 0 Å². The van der Waals surface area contributed by atoms with E-state index in [4.69, 9.17) is 5.73 Å². The highest BCUT2D eigenvalue weighted by molar-refractivity contribution is 9.10. The SMILES string of the molecule is CC(C)CC[C@H](O)[C@H](N)c1cc([N+](=O)[O-])cc(Br)c1O. The van der Waals surface area contributed by atoms with Crippen molar-refractivity contribution in [3.8, 4) is 5.75 Å². The average molecular weight is 347 g/mol. The van der Waals surface area contributed by atoms with Gasteiger partial charge in [-0.3, -0.25) is 10.1 Å². The van der Waals surface area contributed by atoms with Crippen molar-refractivity contribution in [3.63, 3.8) is 0 Å². The lowest BCUT2D eigenvalue weighted by Gasteiger charge is -2.21. The number of hydrogen-bond donors (Lipinski definition) is 3. The molecule has 0 heterocycles. The molecule has 4 N–H and O–H groups in total. The van der Waals surface area contributed by atoms with Crippen LogP contribution in [0.15, 0.2) is 16.6 Å². The third-order valence-corrected chi connectivity index (χ3v) is 3.71. The molecule has 0 unspecified atom stereocenters. The standard InChI is InChI=1S/C13H19BrN2O4/c1-7(2)3-4-11(17)12(15)9-5-8(16(19)20)6-10(14)13(9)18/h5-7,11-12,17-18H,3-4,15H2,1-2H3/t11-,12+/m0/s1. The van der Waals surface area contributed by atoms with E-state index in [0.717, 1.165) is 6.42 Å². The van der Waals surface area contributed by atoms with Crippen molar-refractivity contribution >= 4 is 21.6 Å². The molecule has 0 bridgehead atoms. The number of nitrogens with zero attached hydrogens (tertiary/aromatic N) is 1. The van der Waals surface area contributed by atoms with Crippen molar-refractivity contribution in [2.75, 3.05) is 0 Å². The quantitative estimate of drug-likeness (QED) is 0.541. The average Bonchev–Trinajstić information content (AvgIpc) is 2.37. The van der Waals surface area contributed by atoms with Crippen LogP contribution in [0.5, 0.6) is 5.75 Å². The van der Waals surface area contributed by atoms with E-state index in [2.05, 4.69) is 15.9 Å². The van der Waals surface area contributed by atoms with Crippen molar-refractivity contribution < 1.29 is 15.1 Å². The van der Waals surface area contributed by atoms with E-state index in [1.807, 2.05) is 13.8 Å². The summed E-state index contributed by atoms with van der Waals surface area (Å²) in [5.41, 5.74) is 5.89. The van der Waals surface area contributed by atoms with Crippen molar-refractivity contribution in [2.45, 2.75) is 38.8 Å². The van der Waals surface area contributed by atoms with E-state index >= 15 is 0 Å². The molecule has 20 heavy (non-hydrogen) atoms. The number of aliphatic hydroxyl groups is 1. The van der Waals surface area contributed by atoms with Gasteiger partial charge in [0.05, 0.1) is 21.5 Å². The topological polar surface area (TPSA) is 110 Å². The number of nitrogens with two attached hydrogens (primary N) is 1. The van der Waals surface area contributed by atoms with Gasteiger partial charge in [0.25, 0.3) is 5.69 Å². The first-order valence-electron chi connectivity index (χ1n) is 6.34. The van der Waals surface area contributed by atoms with Crippen LogP contribution in [0.3, 0.4) is 0 Å². The Labute approximate surface area is 125 Å². The van der Waals surface area contributed by atoms with Crippen LogP contribution >= 0.6 is 15.9 Å². The Morgan fingerprint density at radius 3 is 2.50 bits per heavy atom. The highest BCUT2D eigenvalue weighted by atomic mass is 79.9. The number of phenols is 1. The fourth-order valence-corrected chi connectivity index (χ4v) is 2.32. The summed E-state index contributed by atoms with van der Waals surface area (Å²) in [5, 5.41) is 30.8. The van der Waals surface area contributed by atoms with E-state index < -0.39 is 17.1 Å². The number of aliphatic hydroxyl groups excluding tert-OH is 1. The summed E-state index contributed by atoms with van der Waals surface area (Å²) >= 11 is 3.05. The lowest BCUT2D eigenvalue weighted by molar-refractivity contribution is -0.385. The second kappa shape index (κ2) is 7.01. The van der Waals surface area contributed by atoms with Gasteiger partial charge in [-0.05, 0) is 34.7 Å². The van der Waals surface area contributed by atoms with Gasteiger partial charge in [-0.2, -0.15) is 0 Å². The molecule has 0 fully saturated rings. The molecule has 112 valence electrons. The van der Waals surface area contributed by atoms with Crippen LogP contribution in [0.25, 0.3) is 0 Å². The van der Waals surface area contributed by atoms with Gasteiger partial charge < -0.3 is 15.9 Å². The predicted octanol–water partition coefficient (Wildman–Crippen LogP) is 2.86. The minimum atomic E-state index is -0.870. The summed E-state index contributed by atoms with van der Waals surface area (Å²) in [6, 6.07) is 1.53. The zero-order valence-corrected chi connectivity index (χ0v) is 13.0. The summed E-state index contributed by atoms with van der Waals surface area (Å²) in [5.74, 6) is 0.244. The summed E-state index contributed by atoms with van der Waals surface area (Å²) in [4.78, 5) is 10.3. The highest BCUT2D eigenvalue weighted by Gasteiger charge is 2.24. The molecule has 0 saturated heterocycles. The van der Waals surface area contributed by atoms with E-state index in [0.29, 0.717) is 12.3 Å². The van der Waals surface area contributed by atoms with Crippen LogP contribution in [0.4, 0.5) is 5.69 Å². The van der Waals surface area contributed by atoms with Crippen molar-refractivity contribution in [1.82, 2.24) is 0 Å². The predicted molar refractivity (Wildman–Crippen MR) is 79.5 cm³/mol. The monoisotopic (exact) mass is 346 g/mol. The van der Waals surface area contributed by atoms with Gasteiger partial charge in [-0.15, -0.1) is 0 Å². The third kappa shape index (κ3) is 4.16. The Hall–Kier alpha value is -1.18. The molecular formula is C13H19BrN2O4. The number of rotatable bonds is 6. The number of halogens is 1. The molecule has 1 rings (SSSR count). The molecule has 6 nitrogen and oxygen atoms in total. The van der Waals surface area contributed by atoms with E-state index in [9.17, 15) is 20.3 Å². The number of hydrogen-bond acceptors (Lipinski definition) is 5. The molecule has 1 aromatic carbocycles. The molecule has 1 aromatic rings. The van der Waals surface area contributed by atoms with Gasteiger partial charge in [0.2, 0.25) is 0 Å². The minimum Gasteiger partial charge on any atom is -0.506 e. The number of non-ortho nitro benzene ring substituents is 1. The maximum absolute atomic E-state index is 10.8. The molecule has 0 aliphatic carbocycles. The smallest absolute Gasteiger partial charge is 0.271 e. The molecule has 0 aliphatic rings. The molecule has 0 aliphatic heterocycles. The van der Waals surface area contributed by atoms with E-state index in [-0.39, 0.29) is 21.5 Å². The maximum Gasteiger partial charge on any atom is 0.271 e. The maximum atomic E-state index is 10.8. The van der Waals surface area contributed by atoms with E-state index in [1.54, 1.807) is 0 Å². The second-order valence-electron chi connectivity index (χ2n) is 5.19. The highest BCUT2D eigenvalue weighted by Crippen LogP contribution is 2.36. The first kappa shape index (κ1) is 16.9. The Balaban J connectivity index is 3.02. The molecule has 0 spiro atoms. The Kier molecular flexibility index (Phi) is 5.91. The van der Waals surface area contributed by atoms with Crippen molar-refractivity contribution in [2.24, 2.45) is 11.7 Å². The van der Waals surface area contributed by atoms with Crippen LogP contribution in [-0.2, 0) is 0 Å². The largest absolute Gasteiger partial charge is 0.506 e. The summed E-state index contributed by atoms with van der Waals surface area (Å²) in [7, 11) is 0. The van der Waals surface area contributed by atoms with Crippen LogP contribution in [0.2, 0.25) is 0 Å². The zero-order valence-electron chi connectivity index (χ0n) is 11.4. The zero-order chi connectivity index (χ0) is 15.4. The fraction of sp³-hybridized carbons (Fsp3) is 0.538. The Bertz CT molecular complexity index is 494. The first-order chi connectivity index (χ1) is 9.23. The number of aromatic hydroxyl groups is 1. The molecule has 0 radical (unpaired) electrons. The number of phenolic OH excluding ortho intramolecular Hbond substituents is 1. The van der Waals surface area contributed by atoms with Crippen LogP contribution < -0.4 is 5.73 Å². The van der Waals surface area contributed by atoms with Crippen LogP contribution in [0, 0.1) is 16.0 Å². The number of nitro benzene ring substituents is 1. The van der Waals surface area contributed by atoms with Gasteiger partial charge in [0, 0.05) is 17.7 Å². The first-order valence-corrected chi connectivity index (χ1v) is 7.13. The molecule has 0 saturated carbocycles. The van der Waals surface area contributed by atoms with Gasteiger partial charge in [0.1, 0.15) is 5.75 Å². The van der Waals surface area contributed by atoms with Crippen LogP contribution in [0.1, 0.15) is 38.3 Å². The van der Waals surface area contributed by atoms with Crippen molar-refractivity contribution in [3.05, 3.63) is 32.3 Å². The summed E-state index contributed by atoms with van der Waals surface area (Å²) < 4.78 is 0.188. The third-order valence-electron chi connectivity index (χ3n) is 3.10. The lowest BCUT2D eigenvalue weighted by atomic mass is 9.95. The summed E-state index contributed by atoms with van der Waals surface area (Å²) in [6.07, 6.45) is 0.391. The van der Waals surface area contributed by atoms with Gasteiger partial charge in [0.15, 0.2) is 0 Å². The molecular weight excluding hydrogens is 328 g/mol. The fourth-order valence-electron chi connectivity index (χ4n) is 1.86. The Morgan fingerprint density at radius 2 is 2.00 bits per heavy atom.